The van der Waals surface area contributed by atoms with E-state index in [2.05, 4.69) is 10.6 Å². The number of carbonyl (C=O) groups is 2. The Labute approximate surface area is 144 Å². The second-order valence-corrected chi connectivity index (χ2v) is 8.76. The third kappa shape index (κ3) is 5.73. The molecule has 1 saturated heterocycles. The minimum Gasteiger partial charge on any atom is -0.354 e. The molecule has 1 saturated carbocycles. The fourth-order valence-corrected chi connectivity index (χ4v) is 4.65. The topological polar surface area (TPSA) is 95.6 Å². The van der Waals surface area contributed by atoms with Crippen molar-refractivity contribution in [3.63, 3.8) is 0 Å². The van der Waals surface area contributed by atoms with Crippen LogP contribution in [0.2, 0.25) is 0 Å². The number of rotatable bonds is 6. The van der Waals surface area contributed by atoms with Gasteiger partial charge in [0.05, 0.1) is 6.26 Å². The van der Waals surface area contributed by atoms with Gasteiger partial charge in [-0.05, 0) is 25.7 Å². The van der Waals surface area contributed by atoms with Gasteiger partial charge in [-0.25, -0.2) is 8.42 Å². The normalized spacial score (nSPS) is 23.6. The monoisotopic (exact) mass is 359 g/mol. The number of nitrogens with one attached hydrogen (secondary N) is 2. The Morgan fingerprint density at radius 3 is 2.38 bits per heavy atom. The van der Waals surface area contributed by atoms with Gasteiger partial charge in [-0.3, -0.25) is 9.59 Å². The van der Waals surface area contributed by atoms with Gasteiger partial charge in [-0.15, -0.1) is 0 Å². The summed E-state index contributed by atoms with van der Waals surface area (Å²) >= 11 is 0. The van der Waals surface area contributed by atoms with Crippen LogP contribution in [0.1, 0.15) is 57.8 Å². The van der Waals surface area contributed by atoms with Gasteiger partial charge in [0.2, 0.25) is 21.8 Å². The molecule has 1 heterocycles. The number of nitrogens with zero attached hydrogens (tertiary/aromatic N) is 1. The van der Waals surface area contributed by atoms with Gasteiger partial charge in [-0.1, -0.05) is 25.7 Å². The molecule has 1 aliphatic heterocycles. The van der Waals surface area contributed by atoms with Gasteiger partial charge in [-0.2, -0.15) is 4.31 Å². The van der Waals surface area contributed by atoms with Gasteiger partial charge >= 0.3 is 0 Å². The van der Waals surface area contributed by atoms with Crippen molar-refractivity contribution in [2.45, 2.75) is 69.9 Å². The minimum atomic E-state index is -3.39. The predicted octanol–water partition coefficient (Wildman–Crippen LogP) is 0.756. The fraction of sp³-hybridized carbons (Fsp3) is 0.875. The molecule has 7 nitrogen and oxygen atoms in total. The molecule has 24 heavy (non-hydrogen) atoms. The molecule has 0 radical (unpaired) electrons. The average Bonchev–Trinajstić information content (AvgIpc) is 2.55. The molecule has 2 N–H and O–H groups in total. The summed E-state index contributed by atoms with van der Waals surface area (Å²) in [5.41, 5.74) is 0. The highest BCUT2D eigenvalue weighted by molar-refractivity contribution is 7.88. The van der Waals surface area contributed by atoms with Gasteiger partial charge < -0.3 is 10.6 Å². The summed E-state index contributed by atoms with van der Waals surface area (Å²) in [6, 6.07) is -0.379. The van der Waals surface area contributed by atoms with Crippen LogP contribution in [0.25, 0.3) is 0 Å². The number of amides is 2. The molecule has 8 heteroatoms. The van der Waals surface area contributed by atoms with Crippen LogP contribution >= 0.6 is 0 Å². The van der Waals surface area contributed by atoms with Crippen LogP contribution in [0, 0.1) is 0 Å². The van der Waals surface area contributed by atoms with Crippen molar-refractivity contribution in [2.24, 2.45) is 0 Å². The van der Waals surface area contributed by atoms with Crippen LogP contribution in [-0.2, 0) is 19.6 Å². The summed E-state index contributed by atoms with van der Waals surface area (Å²) in [7, 11) is -3.39. The fourth-order valence-electron chi connectivity index (χ4n) is 3.53. The molecule has 1 atom stereocenters. The number of sulfonamides is 1. The predicted molar refractivity (Wildman–Crippen MR) is 91.8 cm³/mol. The van der Waals surface area contributed by atoms with E-state index in [-0.39, 0.29) is 30.8 Å². The summed E-state index contributed by atoms with van der Waals surface area (Å²) in [4.78, 5) is 24.2. The van der Waals surface area contributed by atoms with Crippen molar-refractivity contribution < 1.29 is 18.0 Å². The Hall–Kier alpha value is -1.15. The van der Waals surface area contributed by atoms with Crippen molar-refractivity contribution in [1.82, 2.24) is 14.9 Å². The standard InChI is InChI=1S/C16H29N3O4S/c1-24(22,23)19-12-6-5-9-14(19)16(21)17-11-10-15(20)18-13-7-3-2-4-8-13/h13-14H,2-12H2,1H3,(H,17,21)(H,18,20). The van der Waals surface area contributed by atoms with E-state index in [1.165, 1.54) is 10.7 Å². The Morgan fingerprint density at radius 2 is 1.71 bits per heavy atom. The van der Waals surface area contributed by atoms with Crippen LogP contribution < -0.4 is 10.6 Å². The number of hydrogen-bond donors (Lipinski definition) is 2. The zero-order valence-electron chi connectivity index (χ0n) is 14.4. The van der Waals surface area contributed by atoms with E-state index in [9.17, 15) is 18.0 Å². The molecule has 138 valence electrons. The lowest BCUT2D eigenvalue weighted by molar-refractivity contribution is -0.126. The van der Waals surface area contributed by atoms with Crippen LogP contribution in [0.5, 0.6) is 0 Å². The zero-order valence-corrected chi connectivity index (χ0v) is 15.2. The molecule has 0 bridgehead atoms. The van der Waals surface area contributed by atoms with Crippen molar-refractivity contribution in [3.05, 3.63) is 0 Å². The molecule has 1 unspecified atom stereocenters. The number of hydrogen-bond acceptors (Lipinski definition) is 4. The number of carbonyl (C=O) groups excluding carboxylic acids is 2. The van der Waals surface area contributed by atoms with Gasteiger partial charge in [0.15, 0.2) is 0 Å². The summed E-state index contributed by atoms with van der Waals surface area (Å²) in [5.74, 6) is -0.351. The van der Waals surface area contributed by atoms with Gasteiger partial charge in [0.25, 0.3) is 0 Å². The summed E-state index contributed by atoms with van der Waals surface area (Å²) in [5, 5.41) is 5.73. The van der Waals surface area contributed by atoms with E-state index in [0.29, 0.717) is 13.0 Å². The molecule has 2 amide bonds. The average molecular weight is 359 g/mol. The largest absolute Gasteiger partial charge is 0.354 e. The molecule has 1 aliphatic carbocycles. The van der Waals surface area contributed by atoms with E-state index >= 15 is 0 Å². The van der Waals surface area contributed by atoms with E-state index in [0.717, 1.165) is 44.8 Å². The second kappa shape index (κ2) is 8.80. The first-order valence-corrected chi connectivity index (χ1v) is 10.8. The molecule has 2 fully saturated rings. The minimum absolute atomic E-state index is 0.0502. The van der Waals surface area contributed by atoms with Crippen LogP contribution in [-0.4, -0.2) is 56.0 Å². The molecule has 0 spiro atoms. The van der Waals surface area contributed by atoms with Crippen LogP contribution in [0.15, 0.2) is 0 Å². The van der Waals surface area contributed by atoms with Crippen molar-refractivity contribution in [3.8, 4) is 0 Å². The van der Waals surface area contributed by atoms with Crippen molar-refractivity contribution in [2.75, 3.05) is 19.3 Å². The third-order valence-electron chi connectivity index (χ3n) is 4.80. The summed E-state index contributed by atoms with van der Waals surface area (Å²) < 4.78 is 24.8. The Kier molecular flexibility index (Phi) is 7.03. The maximum Gasteiger partial charge on any atom is 0.238 e. The molecule has 0 aromatic rings. The highest BCUT2D eigenvalue weighted by Crippen LogP contribution is 2.20. The molecule has 0 aromatic heterocycles. The SMILES string of the molecule is CS(=O)(=O)N1CCCCC1C(=O)NCCC(=O)NC1CCCCC1. The molecule has 2 aliphatic rings. The first-order chi connectivity index (χ1) is 11.4. The van der Waals surface area contributed by atoms with E-state index < -0.39 is 16.1 Å². The first kappa shape index (κ1) is 19.2. The lowest BCUT2D eigenvalue weighted by atomic mass is 9.95. The van der Waals surface area contributed by atoms with Gasteiger partial charge in [0, 0.05) is 25.6 Å². The molecular weight excluding hydrogens is 330 g/mol. The van der Waals surface area contributed by atoms with E-state index in [1.807, 2.05) is 0 Å². The quantitative estimate of drug-likeness (QED) is 0.732. The maximum absolute atomic E-state index is 12.3. The zero-order chi connectivity index (χ0) is 17.6. The van der Waals surface area contributed by atoms with Crippen molar-refractivity contribution >= 4 is 21.8 Å². The Balaban J connectivity index is 1.74. The van der Waals surface area contributed by atoms with Crippen molar-refractivity contribution in [1.29, 1.82) is 0 Å². The number of piperidine rings is 1. The Morgan fingerprint density at radius 1 is 1.04 bits per heavy atom. The Bertz CT molecular complexity index is 544. The summed E-state index contributed by atoms with van der Waals surface area (Å²) in [6.07, 6.45) is 9.13. The van der Waals surface area contributed by atoms with Crippen LogP contribution in [0.3, 0.4) is 0 Å². The first-order valence-electron chi connectivity index (χ1n) is 8.92. The molecular formula is C16H29N3O4S. The third-order valence-corrected chi connectivity index (χ3v) is 6.09. The summed E-state index contributed by atoms with van der Waals surface area (Å²) in [6.45, 7) is 0.630. The lowest BCUT2D eigenvalue weighted by Gasteiger charge is -2.32. The molecule has 2 rings (SSSR count). The molecule has 0 aromatic carbocycles. The van der Waals surface area contributed by atoms with E-state index in [4.69, 9.17) is 0 Å². The lowest BCUT2D eigenvalue weighted by Crippen LogP contribution is -2.51. The van der Waals surface area contributed by atoms with E-state index in [1.54, 1.807) is 0 Å². The van der Waals surface area contributed by atoms with Crippen LogP contribution in [0.4, 0.5) is 0 Å². The smallest absolute Gasteiger partial charge is 0.238 e. The maximum atomic E-state index is 12.3. The highest BCUT2D eigenvalue weighted by Gasteiger charge is 2.34. The second-order valence-electron chi connectivity index (χ2n) is 6.83. The van der Waals surface area contributed by atoms with Gasteiger partial charge in [0.1, 0.15) is 6.04 Å². The highest BCUT2D eigenvalue weighted by atomic mass is 32.2.